The lowest BCUT2D eigenvalue weighted by molar-refractivity contribution is -0.236. The highest BCUT2D eigenvalue weighted by Gasteiger charge is 2.68. The van der Waals surface area contributed by atoms with Crippen LogP contribution in [-0.4, -0.2) is 45.3 Å². The summed E-state index contributed by atoms with van der Waals surface area (Å²) >= 11 is 0. The Bertz CT molecular complexity index is 440. The van der Waals surface area contributed by atoms with E-state index in [-0.39, 0.29) is 11.3 Å². The lowest BCUT2D eigenvalue weighted by Crippen LogP contribution is -2.76. The molecule has 0 aromatic rings. The molecule has 0 saturated heterocycles. The van der Waals surface area contributed by atoms with Gasteiger partial charge in [-0.1, -0.05) is 59.8 Å². The third kappa shape index (κ3) is 2.61. The molecule has 2 atom stereocenters. The fourth-order valence-electron chi connectivity index (χ4n) is 6.09. The van der Waals surface area contributed by atoms with Crippen molar-refractivity contribution in [2.75, 3.05) is 13.1 Å². The Morgan fingerprint density at radius 3 is 1.92 bits per heavy atom. The monoisotopic (exact) mass is 339 g/mol. The van der Waals surface area contributed by atoms with E-state index >= 15 is 0 Å². The zero-order valence-corrected chi connectivity index (χ0v) is 16.1. The van der Waals surface area contributed by atoms with Crippen molar-refractivity contribution in [2.45, 2.75) is 96.6 Å². The zero-order chi connectivity index (χ0) is 18.0. The summed E-state index contributed by atoms with van der Waals surface area (Å²) in [5.74, 6) is -0.533. The summed E-state index contributed by atoms with van der Waals surface area (Å²) in [5, 5.41) is 22.6. The minimum atomic E-state index is -1.15. The lowest BCUT2D eigenvalue weighted by atomic mass is 9.48. The Balaban J connectivity index is 2.65. The average Bonchev–Trinajstić information content (AvgIpc) is 2.57. The van der Waals surface area contributed by atoms with Crippen LogP contribution in [0.4, 0.5) is 0 Å². The summed E-state index contributed by atoms with van der Waals surface area (Å²) in [7, 11) is 0. The Kier molecular flexibility index (Phi) is 6.02. The molecule has 2 rings (SSSR count). The number of rotatable bonds is 6. The topological polar surface area (TPSA) is 60.8 Å². The quantitative estimate of drug-likeness (QED) is 0.766. The van der Waals surface area contributed by atoms with Crippen LogP contribution >= 0.6 is 0 Å². The predicted molar refractivity (Wildman–Crippen MR) is 97.1 cm³/mol. The molecule has 0 heterocycles. The van der Waals surface area contributed by atoms with Gasteiger partial charge < -0.3 is 10.2 Å². The van der Waals surface area contributed by atoms with Crippen molar-refractivity contribution in [1.82, 2.24) is 4.90 Å². The summed E-state index contributed by atoms with van der Waals surface area (Å²) in [5.41, 5.74) is -2.58. The summed E-state index contributed by atoms with van der Waals surface area (Å²) in [6.07, 6.45) is 8.33. The Hall–Kier alpha value is -0.610. The number of carbonyl (C=O) groups is 1. The van der Waals surface area contributed by atoms with Gasteiger partial charge in [0, 0.05) is 5.41 Å². The molecule has 0 aromatic carbocycles. The van der Waals surface area contributed by atoms with Crippen molar-refractivity contribution in [3.63, 3.8) is 0 Å². The highest BCUT2D eigenvalue weighted by Crippen LogP contribution is 2.59. The summed E-state index contributed by atoms with van der Waals surface area (Å²) in [6, 6.07) is 0. The van der Waals surface area contributed by atoms with Crippen LogP contribution in [0.3, 0.4) is 0 Å². The van der Waals surface area contributed by atoms with Gasteiger partial charge in [-0.05, 0) is 44.7 Å². The largest absolute Gasteiger partial charge is 0.480 e. The van der Waals surface area contributed by atoms with E-state index in [1.165, 1.54) is 6.42 Å². The molecular formula is C20H37NO3. The van der Waals surface area contributed by atoms with Gasteiger partial charge >= 0.3 is 5.97 Å². The molecule has 2 unspecified atom stereocenters. The fraction of sp³-hybridized carbons (Fsp3) is 0.950. The first kappa shape index (κ1) is 19.7. The molecule has 0 aliphatic heterocycles. The van der Waals surface area contributed by atoms with Crippen molar-refractivity contribution < 1.29 is 15.0 Å². The molecule has 140 valence electrons. The number of nitrogens with zero attached hydrogens (tertiary/aromatic N) is 1. The normalized spacial score (nSPS) is 33.8. The number of likely N-dealkylation sites (N-methyl/N-ethyl adjacent to an activating group) is 1. The minimum Gasteiger partial charge on any atom is -0.480 e. The van der Waals surface area contributed by atoms with Gasteiger partial charge in [0.05, 0.1) is 5.60 Å². The lowest BCUT2D eigenvalue weighted by Gasteiger charge is -2.63. The summed E-state index contributed by atoms with van der Waals surface area (Å²) in [6.45, 7) is 9.75. The van der Waals surface area contributed by atoms with Gasteiger partial charge in [0.15, 0.2) is 0 Å². The second-order valence-corrected chi connectivity index (χ2v) is 8.28. The van der Waals surface area contributed by atoms with Crippen molar-refractivity contribution >= 4 is 5.97 Å². The Morgan fingerprint density at radius 2 is 1.46 bits per heavy atom. The molecule has 2 N–H and O–H groups in total. The van der Waals surface area contributed by atoms with E-state index in [0.717, 1.165) is 38.5 Å². The van der Waals surface area contributed by atoms with E-state index < -0.39 is 17.1 Å². The molecule has 0 aromatic heterocycles. The van der Waals surface area contributed by atoms with Crippen LogP contribution in [0.25, 0.3) is 0 Å². The number of hydrogen-bond donors (Lipinski definition) is 2. The van der Waals surface area contributed by atoms with E-state index in [2.05, 4.69) is 13.8 Å². The molecule has 2 fully saturated rings. The summed E-state index contributed by atoms with van der Waals surface area (Å²) in [4.78, 5) is 14.7. The number of aliphatic carboxylic acids is 1. The van der Waals surface area contributed by atoms with Gasteiger partial charge in [0.2, 0.25) is 0 Å². The molecule has 0 radical (unpaired) electrons. The van der Waals surface area contributed by atoms with Gasteiger partial charge in [-0.15, -0.1) is 0 Å². The molecule has 0 bridgehead atoms. The van der Waals surface area contributed by atoms with Crippen LogP contribution in [0.2, 0.25) is 0 Å². The average molecular weight is 340 g/mol. The maximum atomic E-state index is 12.7. The van der Waals surface area contributed by atoms with Crippen molar-refractivity contribution in [3.05, 3.63) is 0 Å². The maximum Gasteiger partial charge on any atom is 0.327 e. The molecule has 2 saturated carbocycles. The Labute approximate surface area is 147 Å². The third-order valence-corrected chi connectivity index (χ3v) is 7.34. The second kappa shape index (κ2) is 7.33. The van der Waals surface area contributed by atoms with Gasteiger partial charge in [0.25, 0.3) is 0 Å². The van der Waals surface area contributed by atoms with E-state index in [4.69, 9.17) is 0 Å². The van der Waals surface area contributed by atoms with Crippen LogP contribution in [0.5, 0.6) is 0 Å². The molecule has 24 heavy (non-hydrogen) atoms. The number of hydrogen-bond acceptors (Lipinski definition) is 3. The minimum absolute atomic E-state index is 0.285. The SMILES string of the molecule is CCN(CC)C1(C(=O)O)CCCCC1(O)C1(C(C)C)CCCCC1. The standard InChI is InChI=1S/C20H37NO3/c1-5-21(6-2)19(17(22)23)14-10-11-15-20(19,24)18(16(3)4)12-8-7-9-13-18/h16,24H,5-15H2,1-4H3,(H,22,23). The first-order valence-corrected chi connectivity index (χ1v) is 10.0. The van der Waals surface area contributed by atoms with E-state index in [9.17, 15) is 15.0 Å². The second-order valence-electron chi connectivity index (χ2n) is 8.28. The van der Waals surface area contributed by atoms with Crippen LogP contribution in [0.15, 0.2) is 0 Å². The smallest absolute Gasteiger partial charge is 0.327 e. The van der Waals surface area contributed by atoms with E-state index in [1.54, 1.807) is 0 Å². The Morgan fingerprint density at radius 1 is 0.958 bits per heavy atom. The van der Waals surface area contributed by atoms with E-state index in [1.807, 2.05) is 18.7 Å². The van der Waals surface area contributed by atoms with Crippen LogP contribution in [0, 0.1) is 11.3 Å². The van der Waals surface area contributed by atoms with Gasteiger partial charge in [0.1, 0.15) is 5.54 Å². The van der Waals surface area contributed by atoms with Gasteiger partial charge in [-0.2, -0.15) is 0 Å². The first-order chi connectivity index (χ1) is 11.3. The highest BCUT2D eigenvalue weighted by atomic mass is 16.4. The molecule has 4 heteroatoms. The van der Waals surface area contributed by atoms with Crippen LogP contribution in [0.1, 0.15) is 85.5 Å². The maximum absolute atomic E-state index is 12.7. The van der Waals surface area contributed by atoms with Crippen LogP contribution < -0.4 is 0 Å². The predicted octanol–water partition coefficient (Wildman–Crippen LogP) is 4.06. The molecule has 2 aliphatic rings. The molecule has 4 nitrogen and oxygen atoms in total. The molecule has 0 amide bonds. The van der Waals surface area contributed by atoms with E-state index in [0.29, 0.717) is 25.9 Å². The van der Waals surface area contributed by atoms with Crippen molar-refractivity contribution in [3.8, 4) is 0 Å². The van der Waals surface area contributed by atoms with Crippen molar-refractivity contribution in [1.29, 1.82) is 0 Å². The number of aliphatic hydroxyl groups is 1. The number of carboxylic acid groups (broad SMARTS) is 1. The third-order valence-electron chi connectivity index (χ3n) is 7.34. The molecule has 2 aliphatic carbocycles. The number of carboxylic acids is 1. The zero-order valence-electron chi connectivity index (χ0n) is 16.1. The van der Waals surface area contributed by atoms with Gasteiger partial charge in [-0.3, -0.25) is 9.69 Å². The molecular weight excluding hydrogens is 302 g/mol. The van der Waals surface area contributed by atoms with Gasteiger partial charge in [-0.25, -0.2) is 0 Å². The first-order valence-electron chi connectivity index (χ1n) is 10.0. The summed E-state index contributed by atoms with van der Waals surface area (Å²) < 4.78 is 0. The van der Waals surface area contributed by atoms with Crippen molar-refractivity contribution in [2.24, 2.45) is 11.3 Å². The fourth-order valence-corrected chi connectivity index (χ4v) is 6.09. The van der Waals surface area contributed by atoms with Crippen LogP contribution in [-0.2, 0) is 4.79 Å². The molecule has 0 spiro atoms. The highest BCUT2D eigenvalue weighted by molar-refractivity contribution is 5.81.